The SMILES string of the molecule is CCOC(=O)C[C@@H](OC(C)=O)c1ccsc1. The Bertz CT molecular complexity index is 345. The van der Waals surface area contributed by atoms with Crippen LogP contribution in [-0.2, 0) is 19.1 Å². The normalized spacial score (nSPS) is 11.9. The molecule has 5 heteroatoms. The van der Waals surface area contributed by atoms with Crippen molar-refractivity contribution in [3.63, 3.8) is 0 Å². The van der Waals surface area contributed by atoms with Crippen LogP contribution < -0.4 is 0 Å². The average Bonchev–Trinajstić information content (AvgIpc) is 2.68. The molecule has 0 fully saturated rings. The van der Waals surface area contributed by atoms with Crippen LogP contribution in [0, 0.1) is 0 Å². The van der Waals surface area contributed by atoms with Gasteiger partial charge in [-0.05, 0) is 23.8 Å². The monoisotopic (exact) mass is 242 g/mol. The van der Waals surface area contributed by atoms with E-state index in [9.17, 15) is 9.59 Å². The molecule has 1 atom stereocenters. The second-order valence-corrected chi connectivity index (χ2v) is 3.94. The number of ether oxygens (including phenoxy) is 2. The Morgan fingerprint density at radius 1 is 1.50 bits per heavy atom. The summed E-state index contributed by atoms with van der Waals surface area (Å²) in [6.45, 7) is 3.39. The summed E-state index contributed by atoms with van der Waals surface area (Å²) in [4.78, 5) is 22.2. The maximum atomic E-state index is 11.3. The van der Waals surface area contributed by atoms with E-state index in [-0.39, 0.29) is 12.4 Å². The van der Waals surface area contributed by atoms with Crippen molar-refractivity contribution in [1.82, 2.24) is 0 Å². The summed E-state index contributed by atoms with van der Waals surface area (Å²) in [5.41, 5.74) is 0.827. The molecule has 0 saturated carbocycles. The van der Waals surface area contributed by atoms with Crippen molar-refractivity contribution < 1.29 is 19.1 Å². The first-order chi connectivity index (χ1) is 7.63. The fourth-order valence-corrected chi connectivity index (χ4v) is 1.96. The highest BCUT2D eigenvalue weighted by Crippen LogP contribution is 2.24. The highest BCUT2D eigenvalue weighted by atomic mass is 32.1. The zero-order valence-corrected chi connectivity index (χ0v) is 10.1. The fraction of sp³-hybridized carbons (Fsp3) is 0.455. The zero-order valence-electron chi connectivity index (χ0n) is 9.26. The van der Waals surface area contributed by atoms with Gasteiger partial charge in [0, 0.05) is 12.5 Å². The van der Waals surface area contributed by atoms with Crippen molar-refractivity contribution in [3.8, 4) is 0 Å². The molecule has 1 heterocycles. The summed E-state index contributed by atoms with van der Waals surface area (Å²) in [5.74, 6) is -0.763. The van der Waals surface area contributed by atoms with Crippen LogP contribution in [-0.4, -0.2) is 18.5 Å². The fourth-order valence-electron chi connectivity index (χ4n) is 1.26. The molecule has 1 rings (SSSR count). The van der Waals surface area contributed by atoms with Gasteiger partial charge in [-0.2, -0.15) is 11.3 Å². The minimum absolute atomic E-state index is 0.0597. The first-order valence-electron chi connectivity index (χ1n) is 4.98. The van der Waals surface area contributed by atoms with Crippen LogP contribution in [0.4, 0.5) is 0 Å². The van der Waals surface area contributed by atoms with Crippen LogP contribution in [0.3, 0.4) is 0 Å². The molecular weight excluding hydrogens is 228 g/mol. The van der Waals surface area contributed by atoms with Crippen LogP contribution in [0.5, 0.6) is 0 Å². The van der Waals surface area contributed by atoms with Gasteiger partial charge in [-0.3, -0.25) is 9.59 Å². The first-order valence-corrected chi connectivity index (χ1v) is 5.92. The van der Waals surface area contributed by atoms with Gasteiger partial charge < -0.3 is 9.47 Å². The largest absolute Gasteiger partial charge is 0.466 e. The minimum Gasteiger partial charge on any atom is -0.466 e. The molecule has 0 spiro atoms. The van der Waals surface area contributed by atoms with E-state index in [0.29, 0.717) is 6.61 Å². The van der Waals surface area contributed by atoms with Crippen molar-refractivity contribution in [2.75, 3.05) is 6.61 Å². The lowest BCUT2D eigenvalue weighted by Crippen LogP contribution is -2.14. The molecule has 0 unspecified atom stereocenters. The third-order valence-electron chi connectivity index (χ3n) is 1.88. The topological polar surface area (TPSA) is 52.6 Å². The molecule has 0 aliphatic rings. The third-order valence-corrected chi connectivity index (χ3v) is 2.58. The molecule has 0 aliphatic heterocycles. The molecule has 16 heavy (non-hydrogen) atoms. The van der Waals surface area contributed by atoms with Gasteiger partial charge in [-0.15, -0.1) is 0 Å². The molecule has 1 aromatic heterocycles. The molecule has 4 nitrogen and oxygen atoms in total. The van der Waals surface area contributed by atoms with Crippen molar-refractivity contribution in [1.29, 1.82) is 0 Å². The maximum Gasteiger partial charge on any atom is 0.309 e. The second-order valence-electron chi connectivity index (χ2n) is 3.16. The van der Waals surface area contributed by atoms with Gasteiger partial charge in [0.1, 0.15) is 6.10 Å². The summed E-state index contributed by atoms with van der Waals surface area (Å²) < 4.78 is 9.90. The van der Waals surface area contributed by atoms with E-state index in [4.69, 9.17) is 9.47 Å². The Balaban J connectivity index is 2.65. The number of esters is 2. The van der Waals surface area contributed by atoms with Gasteiger partial charge in [0.2, 0.25) is 0 Å². The van der Waals surface area contributed by atoms with E-state index in [0.717, 1.165) is 5.56 Å². The molecule has 0 amide bonds. The van der Waals surface area contributed by atoms with Gasteiger partial charge in [0.05, 0.1) is 13.0 Å². The summed E-state index contributed by atoms with van der Waals surface area (Å²) in [6.07, 6.45) is -0.479. The van der Waals surface area contributed by atoms with E-state index < -0.39 is 12.1 Å². The highest BCUT2D eigenvalue weighted by molar-refractivity contribution is 7.07. The average molecular weight is 242 g/mol. The highest BCUT2D eigenvalue weighted by Gasteiger charge is 2.20. The molecule has 1 aromatic rings. The zero-order chi connectivity index (χ0) is 12.0. The lowest BCUT2D eigenvalue weighted by atomic mass is 10.1. The van der Waals surface area contributed by atoms with E-state index in [1.165, 1.54) is 18.3 Å². The van der Waals surface area contributed by atoms with Gasteiger partial charge in [0.15, 0.2) is 0 Å². The van der Waals surface area contributed by atoms with Crippen molar-refractivity contribution >= 4 is 23.3 Å². The van der Waals surface area contributed by atoms with Crippen molar-refractivity contribution in [2.45, 2.75) is 26.4 Å². The molecule has 0 aromatic carbocycles. The van der Waals surface area contributed by atoms with Gasteiger partial charge in [-0.1, -0.05) is 0 Å². The van der Waals surface area contributed by atoms with E-state index in [1.54, 1.807) is 6.92 Å². The second kappa shape index (κ2) is 6.27. The number of thiophene rings is 1. The number of rotatable bonds is 5. The van der Waals surface area contributed by atoms with Crippen LogP contribution >= 0.6 is 11.3 Å². The Kier molecular flexibility index (Phi) is 4.98. The number of carbonyl (C=O) groups is 2. The molecule has 0 aliphatic carbocycles. The Labute approximate surface area is 98.2 Å². The van der Waals surface area contributed by atoms with Crippen LogP contribution in [0.15, 0.2) is 16.8 Å². The summed E-state index contributed by atoms with van der Waals surface area (Å²) >= 11 is 1.49. The Morgan fingerprint density at radius 3 is 2.75 bits per heavy atom. The number of carbonyl (C=O) groups excluding carboxylic acids is 2. The third kappa shape index (κ3) is 4.02. The Morgan fingerprint density at radius 2 is 2.25 bits per heavy atom. The van der Waals surface area contributed by atoms with Crippen LogP contribution in [0.25, 0.3) is 0 Å². The predicted molar refractivity (Wildman–Crippen MR) is 60.1 cm³/mol. The van der Waals surface area contributed by atoms with Gasteiger partial charge >= 0.3 is 11.9 Å². The molecule has 88 valence electrons. The Hall–Kier alpha value is -1.36. The molecule has 0 bridgehead atoms. The van der Waals surface area contributed by atoms with Crippen LogP contribution in [0.1, 0.15) is 31.9 Å². The quantitative estimate of drug-likeness (QED) is 0.743. The van der Waals surface area contributed by atoms with E-state index >= 15 is 0 Å². The summed E-state index contributed by atoms with van der Waals surface area (Å²) in [5, 5.41) is 3.73. The van der Waals surface area contributed by atoms with E-state index in [1.807, 2.05) is 16.8 Å². The standard InChI is InChI=1S/C11H14O4S/c1-3-14-11(13)6-10(15-8(2)12)9-4-5-16-7-9/h4-5,7,10H,3,6H2,1-2H3/t10-/m1/s1. The maximum absolute atomic E-state index is 11.3. The summed E-state index contributed by atoms with van der Waals surface area (Å²) in [7, 11) is 0. The predicted octanol–water partition coefficient (Wildman–Crippen LogP) is 2.31. The number of hydrogen-bond donors (Lipinski definition) is 0. The van der Waals surface area contributed by atoms with E-state index in [2.05, 4.69) is 0 Å². The smallest absolute Gasteiger partial charge is 0.309 e. The molecular formula is C11H14O4S. The summed E-state index contributed by atoms with van der Waals surface area (Å²) in [6, 6.07) is 1.83. The molecule has 0 N–H and O–H groups in total. The van der Waals surface area contributed by atoms with Gasteiger partial charge in [0.25, 0.3) is 0 Å². The lowest BCUT2D eigenvalue weighted by molar-refractivity contribution is -0.153. The van der Waals surface area contributed by atoms with Crippen molar-refractivity contribution in [2.24, 2.45) is 0 Å². The van der Waals surface area contributed by atoms with Crippen LogP contribution in [0.2, 0.25) is 0 Å². The molecule has 0 radical (unpaired) electrons. The minimum atomic E-state index is -0.539. The van der Waals surface area contributed by atoms with Crippen molar-refractivity contribution in [3.05, 3.63) is 22.4 Å². The van der Waals surface area contributed by atoms with Gasteiger partial charge in [-0.25, -0.2) is 0 Å². The first kappa shape index (κ1) is 12.7. The molecule has 0 saturated heterocycles. The number of hydrogen-bond acceptors (Lipinski definition) is 5. The lowest BCUT2D eigenvalue weighted by Gasteiger charge is -2.14.